The number of rotatable bonds is 4. The van der Waals surface area contributed by atoms with Crippen molar-refractivity contribution < 1.29 is 57.7 Å². The third kappa shape index (κ3) is 4.91. The molecule has 0 saturated carbocycles. The molecule has 1 rings (SSSR count). The Bertz CT molecular complexity index is 1050. The van der Waals surface area contributed by atoms with Crippen LogP contribution in [0.2, 0.25) is 0 Å². The highest BCUT2D eigenvalue weighted by molar-refractivity contribution is 7.94. The zero-order valence-electron chi connectivity index (χ0n) is 13.1. The molecule has 0 saturated heterocycles. The molecule has 11 nitrogen and oxygen atoms in total. The predicted molar refractivity (Wildman–Crippen MR) is 78.7 cm³/mol. The summed E-state index contributed by atoms with van der Waals surface area (Å²) in [5.41, 5.74) is -14.6. The number of benzene rings is 1. The van der Waals surface area contributed by atoms with Gasteiger partial charge in [-0.05, 0) is 12.1 Å². The molecule has 1 aromatic carbocycles. The number of hydrogen-bond acceptors (Lipinski definition) is 8. The van der Waals surface area contributed by atoms with Gasteiger partial charge < -0.3 is 0 Å². The molecule has 0 fully saturated rings. The molecule has 19 heteroatoms. The second kappa shape index (κ2) is 7.46. The van der Waals surface area contributed by atoms with E-state index in [1.165, 1.54) is 0 Å². The summed E-state index contributed by atoms with van der Waals surface area (Å²) in [6.45, 7) is 0. The van der Waals surface area contributed by atoms with Crippen molar-refractivity contribution in [2.75, 3.05) is 4.31 Å². The van der Waals surface area contributed by atoms with E-state index >= 15 is 0 Å². The molecule has 0 aliphatic heterocycles. The second-order valence-electron chi connectivity index (χ2n) is 4.67. The summed E-state index contributed by atoms with van der Waals surface area (Å²) in [5, 5.41) is 10.5. The molecule has 0 unspecified atom stereocenters. The lowest BCUT2D eigenvalue weighted by Crippen LogP contribution is -2.52. The van der Waals surface area contributed by atoms with E-state index in [1.807, 2.05) is 0 Å². The van der Waals surface area contributed by atoms with Crippen LogP contribution in [0.25, 0.3) is 0 Å². The SMILES string of the molecule is O=C(NS(=O)(=O)C(F)(F)F)C(=O)N(c1ccc([N+](=O)[O-])cc1)S(=O)(=O)C(F)(F)F. The number of carbonyl (C=O) groups is 2. The first-order valence-corrected chi connectivity index (χ1v) is 9.28. The molecule has 2 amide bonds. The summed E-state index contributed by atoms with van der Waals surface area (Å²) < 4.78 is 119. The van der Waals surface area contributed by atoms with E-state index in [0.29, 0.717) is 12.1 Å². The quantitative estimate of drug-likeness (QED) is 0.290. The van der Waals surface area contributed by atoms with Crippen molar-refractivity contribution >= 4 is 43.2 Å². The van der Waals surface area contributed by atoms with Crippen molar-refractivity contribution in [2.45, 2.75) is 11.0 Å². The lowest BCUT2D eigenvalue weighted by Gasteiger charge is -2.23. The minimum atomic E-state index is -6.78. The molecule has 162 valence electrons. The number of sulfonamides is 2. The molecular formula is C10H5F6N3O8S2. The normalized spacial score (nSPS) is 12.9. The van der Waals surface area contributed by atoms with E-state index in [1.54, 1.807) is 0 Å². The third-order valence-corrected chi connectivity index (χ3v) is 5.24. The van der Waals surface area contributed by atoms with Crippen molar-refractivity contribution in [3.63, 3.8) is 0 Å². The molecule has 1 N–H and O–H groups in total. The fourth-order valence-electron chi connectivity index (χ4n) is 1.49. The van der Waals surface area contributed by atoms with Crippen LogP contribution in [-0.2, 0) is 29.6 Å². The Hall–Kier alpha value is -2.96. The minimum Gasteiger partial charge on any atom is -0.262 e. The lowest BCUT2D eigenvalue weighted by molar-refractivity contribution is -0.384. The van der Waals surface area contributed by atoms with Gasteiger partial charge in [0.2, 0.25) is 0 Å². The highest BCUT2D eigenvalue weighted by Crippen LogP contribution is 2.32. The first kappa shape index (κ1) is 24.1. The summed E-state index contributed by atoms with van der Waals surface area (Å²) in [7, 11) is -13.4. The van der Waals surface area contributed by atoms with E-state index in [9.17, 15) is 62.9 Å². The molecule has 29 heavy (non-hydrogen) atoms. The number of alkyl halides is 6. The van der Waals surface area contributed by atoms with Gasteiger partial charge in [-0.15, -0.1) is 0 Å². The molecule has 0 aromatic heterocycles. The average Bonchev–Trinajstić information content (AvgIpc) is 2.52. The highest BCUT2D eigenvalue weighted by atomic mass is 32.2. The smallest absolute Gasteiger partial charge is 0.262 e. The molecule has 0 aliphatic carbocycles. The zero-order valence-corrected chi connectivity index (χ0v) is 14.7. The van der Waals surface area contributed by atoms with Crippen molar-refractivity contribution in [1.82, 2.24) is 4.72 Å². The summed E-state index contributed by atoms with van der Waals surface area (Å²) in [6.07, 6.45) is 0. The Labute approximate surface area is 156 Å². The van der Waals surface area contributed by atoms with Crippen molar-refractivity contribution in [3.8, 4) is 0 Å². The molecule has 0 bridgehead atoms. The monoisotopic (exact) mass is 473 g/mol. The van der Waals surface area contributed by atoms with Gasteiger partial charge in [0.15, 0.2) is 0 Å². The number of carbonyl (C=O) groups excluding carboxylic acids is 2. The molecule has 0 heterocycles. The number of hydrogen-bond donors (Lipinski definition) is 1. The number of nitro benzene ring substituents is 1. The van der Waals surface area contributed by atoms with Gasteiger partial charge in [-0.25, -0.2) is 4.72 Å². The molecule has 0 aliphatic rings. The fourth-order valence-corrected chi connectivity index (χ4v) is 2.85. The molecule has 0 radical (unpaired) electrons. The van der Waals surface area contributed by atoms with Crippen LogP contribution in [0.5, 0.6) is 0 Å². The Morgan fingerprint density at radius 1 is 0.931 bits per heavy atom. The van der Waals surface area contributed by atoms with Crippen LogP contribution in [0.3, 0.4) is 0 Å². The topological polar surface area (TPSA) is 161 Å². The van der Waals surface area contributed by atoms with Crippen molar-refractivity contribution in [3.05, 3.63) is 34.4 Å². The fraction of sp³-hybridized carbons (Fsp3) is 0.200. The number of amides is 2. The highest BCUT2D eigenvalue weighted by Gasteiger charge is 2.55. The number of nitro groups is 1. The van der Waals surface area contributed by atoms with Gasteiger partial charge >= 0.3 is 42.9 Å². The minimum absolute atomic E-state index is 0.0764. The van der Waals surface area contributed by atoms with Crippen molar-refractivity contribution in [1.29, 1.82) is 0 Å². The van der Waals surface area contributed by atoms with Crippen LogP contribution >= 0.6 is 0 Å². The first-order valence-electron chi connectivity index (χ1n) is 6.36. The Kier molecular flexibility index (Phi) is 6.19. The van der Waals surface area contributed by atoms with E-state index in [4.69, 9.17) is 0 Å². The molecule has 0 spiro atoms. The van der Waals surface area contributed by atoms with Crippen LogP contribution in [0.1, 0.15) is 0 Å². The van der Waals surface area contributed by atoms with E-state index in [0.717, 1.165) is 0 Å². The molecule has 1 aromatic rings. The van der Waals surface area contributed by atoms with E-state index in [-0.39, 0.29) is 16.9 Å². The van der Waals surface area contributed by atoms with Gasteiger partial charge in [0.1, 0.15) is 0 Å². The van der Waals surface area contributed by atoms with E-state index in [2.05, 4.69) is 0 Å². The van der Waals surface area contributed by atoms with Gasteiger partial charge in [0, 0.05) is 12.1 Å². The largest absolute Gasteiger partial charge is 0.517 e. The standard InChI is InChI=1S/C10H5F6N3O8S2/c11-9(12,13)28(24,25)17-7(20)8(21)18(29(26,27)10(14,15)16)5-1-3-6(4-2-5)19(22)23/h1-4H,(H,17,20). The summed E-state index contributed by atoms with van der Waals surface area (Å²) in [5.74, 6) is -5.78. The van der Waals surface area contributed by atoms with Crippen LogP contribution in [0, 0.1) is 10.1 Å². The van der Waals surface area contributed by atoms with Gasteiger partial charge in [0.05, 0.1) is 10.6 Å². The number of halogens is 6. The summed E-state index contributed by atoms with van der Waals surface area (Å²) >= 11 is 0. The lowest BCUT2D eigenvalue weighted by atomic mass is 10.3. The third-order valence-electron chi connectivity index (χ3n) is 2.74. The first-order chi connectivity index (χ1) is 12.8. The van der Waals surface area contributed by atoms with Gasteiger partial charge in [-0.1, -0.05) is 0 Å². The van der Waals surface area contributed by atoms with Gasteiger partial charge in [0.25, 0.3) is 5.69 Å². The van der Waals surface area contributed by atoms with Crippen LogP contribution in [-0.4, -0.2) is 44.6 Å². The van der Waals surface area contributed by atoms with E-state index < -0.39 is 63.5 Å². The number of nitrogens with zero attached hydrogens (tertiary/aromatic N) is 2. The van der Waals surface area contributed by atoms with Crippen LogP contribution < -0.4 is 9.03 Å². The predicted octanol–water partition coefficient (Wildman–Crippen LogP) is 0.743. The van der Waals surface area contributed by atoms with Gasteiger partial charge in [-0.3, -0.25) is 19.7 Å². The second-order valence-corrected chi connectivity index (χ2v) is 8.13. The number of nitrogens with one attached hydrogen (secondary N) is 1. The maximum atomic E-state index is 12.8. The maximum Gasteiger partial charge on any atom is 0.517 e. The van der Waals surface area contributed by atoms with Crippen LogP contribution in [0.15, 0.2) is 24.3 Å². The van der Waals surface area contributed by atoms with Crippen molar-refractivity contribution in [2.24, 2.45) is 0 Å². The number of non-ortho nitro benzene ring substituents is 1. The van der Waals surface area contributed by atoms with Gasteiger partial charge in [-0.2, -0.15) is 47.5 Å². The zero-order chi connectivity index (χ0) is 23.0. The summed E-state index contributed by atoms with van der Waals surface area (Å²) in [6, 6.07) is 1.33. The molecule has 0 atom stereocenters. The number of anilines is 1. The maximum absolute atomic E-state index is 12.8. The Morgan fingerprint density at radius 3 is 1.72 bits per heavy atom. The summed E-state index contributed by atoms with van der Waals surface area (Å²) in [4.78, 5) is 32.7. The van der Waals surface area contributed by atoms with Crippen LogP contribution in [0.4, 0.5) is 37.7 Å². The Balaban J connectivity index is 3.52. The Morgan fingerprint density at radius 2 is 1.38 bits per heavy atom. The average molecular weight is 473 g/mol. The molecular weight excluding hydrogens is 468 g/mol.